The van der Waals surface area contributed by atoms with Crippen LogP contribution in [0.4, 0.5) is 5.69 Å². The Kier molecular flexibility index (Phi) is 5.10. The minimum absolute atomic E-state index is 0.639. The molecule has 0 unspecified atom stereocenters. The van der Waals surface area contributed by atoms with E-state index in [9.17, 15) is 0 Å². The molecule has 0 aliphatic carbocycles. The maximum Gasteiger partial charge on any atom is 0.211 e. The molecule has 2 aromatic heterocycles. The normalized spacial score (nSPS) is 11.5. The molecule has 0 fully saturated rings. The van der Waals surface area contributed by atoms with E-state index in [1.807, 2.05) is 23.5 Å². The first kappa shape index (κ1) is 22.8. The first-order valence-corrected chi connectivity index (χ1v) is 14.1. The highest BCUT2D eigenvalue weighted by Gasteiger charge is 2.19. The Hall–Kier alpha value is -5.17. The Bertz CT molecular complexity index is 2240. The van der Waals surface area contributed by atoms with E-state index in [0.717, 1.165) is 27.8 Å². The molecule has 0 saturated carbocycles. The molecule has 2 nitrogen and oxygen atoms in total. The maximum atomic E-state index is 8.10. The van der Waals surface area contributed by atoms with E-state index in [0.29, 0.717) is 5.69 Å². The average molecular weight is 527 g/mol. The van der Waals surface area contributed by atoms with Crippen LogP contribution in [0, 0.1) is 6.57 Å². The quantitative estimate of drug-likeness (QED) is 0.203. The van der Waals surface area contributed by atoms with Crippen molar-refractivity contribution >= 4 is 59.0 Å². The van der Waals surface area contributed by atoms with Gasteiger partial charge in [-0.05, 0) is 52.6 Å². The summed E-state index contributed by atoms with van der Waals surface area (Å²) in [5.41, 5.74) is 8.32. The van der Waals surface area contributed by atoms with E-state index in [1.165, 1.54) is 42.1 Å². The van der Waals surface area contributed by atoms with Crippen LogP contribution >= 0.6 is 11.3 Å². The van der Waals surface area contributed by atoms with Crippen LogP contribution < -0.4 is 0 Å². The molecule has 0 radical (unpaired) electrons. The molecular weight excluding hydrogens is 504 g/mol. The number of aromatic nitrogens is 1. The van der Waals surface area contributed by atoms with Crippen molar-refractivity contribution in [1.29, 1.82) is 0 Å². The van der Waals surface area contributed by atoms with Crippen molar-refractivity contribution in [2.75, 3.05) is 0 Å². The molecule has 0 aliphatic rings. The van der Waals surface area contributed by atoms with Gasteiger partial charge in [-0.1, -0.05) is 103 Å². The van der Waals surface area contributed by atoms with Gasteiger partial charge in [-0.15, -0.1) is 11.3 Å². The van der Waals surface area contributed by atoms with E-state index in [-0.39, 0.29) is 0 Å². The van der Waals surface area contributed by atoms with Crippen molar-refractivity contribution in [2.24, 2.45) is 0 Å². The first-order chi connectivity index (χ1) is 19.8. The lowest BCUT2D eigenvalue weighted by Gasteiger charge is -2.17. The van der Waals surface area contributed by atoms with Gasteiger partial charge < -0.3 is 4.57 Å². The highest BCUT2D eigenvalue weighted by atomic mass is 32.1. The first-order valence-electron chi connectivity index (χ1n) is 13.3. The topological polar surface area (TPSA) is 9.29 Å². The van der Waals surface area contributed by atoms with E-state index in [2.05, 4.69) is 131 Å². The van der Waals surface area contributed by atoms with E-state index in [4.69, 9.17) is 6.57 Å². The number of hydrogen-bond donors (Lipinski definition) is 0. The Morgan fingerprint density at radius 3 is 1.85 bits per heavy atom. The lowest BCUT2D eigenvalue weighted by Crippen LogP contribution is -1.98. The van der Waals surface area contributed by atoms with Gasteiger partial charge in [-0.25, -0.2) is 4.85 Å². The zero-order valence-electron chi connectivity index (χ0n) is 21.5. The summed E-state index contributed by atoms with van der Waals surface area (Å²) in [6.07, 6.45) is 0. The summed E-state index contributed by atoms with van der Waals surface area (Å²) in [7, 11) is 0. The molecule has 0 amide bonds. The van der Waals surface area contributed by atoms with Crippen LogP contribution in [-0.2, 0) is 0 Å². The summed E-state index contributed by atoms with van der Waals surface area (Å²) >= 11 is 1.84. The van der Waals surface area contributed by atoms with Gasteiger partial charge in [0.05, 0.1) is 23.3 Å². The van der Waals surface area contributed by atoms with Gasteiger partial charge in [0.1, 0.15) is 0 Å². The van der Waals surface area contributed by atoms with Gasteiger partial charge in [0, 0.05) is 30.9 Å². The Balaban J connectivity index is 1.41. The molecular formula is C37H22N2S. The van der Waals surface area contributed by atoms with Crippen LogP contribution in [0.1, 0.15) is 0 Å². The number of thiophene rings is 1. The Morgan fingerprint density at radius 1 is 0.525 bits per heavy atom. The molecule has 40 heavy (non-hydrogen) atoms. The average Bonchev–Trinajstić information content (AvgIpc) is 3.56. The standard InChI is InChI=1S/C37H22N2S/c1-38-31-18-9-17-27(37(31)39-32-19-5-2-13-28(32)29-14-3-6-20-33(29)39)25-12-8-11-24(23-25)26-16-10-22-35-36(26)30-15-4-7-21-34(30)40-35/h2-23H. The van der Waals surface area contributed by atoms with Crippen LogP contribution in [-0.4, -0.2) is 4.57 Å². The van der Waals surface area contributed by atoms with Gasteiger partial charge >= 0.3 is 0 Å². The van der Waals surface area contributed by atoms with Crippen molar-refractivity contribution < 1.29 is 0 Å². The third-order valence-corrected chi connectivity index (χ3v) is 8.96. The second-order valence-corrected chi connectivity index (χ2v) is 11.1. The lowest BCUT2D eigenvalue weighted by atomic mass is 9.95. The minimum atomic E-state index is 0.639. The summed E-state index contributed by atoms with van der Waals surface area (Å²) in [4.78, 5) is 4.01. The van der Waals surface area contributed by atoms with Gasteiger partial charge in [0.25, 0.3) is 0 Å². The van der Waals surface area contributed by atoms with Crippen LogP contribution in [0.5, 0.6) is 0 Å². The Morgan fingerprint density at radius 2 is 1.10 bits per heavy atom. The fourth-order valence-electron chi connectivity index (χ4n) is 6.12. The molecule has 0 spiro atoms. The number of hydrogen-bond acceptors (Lipinski definition) is 1. The SMILES string of the molecule is [C-]#[N+]c1cccc(-c2cccc(-c3cccc4sc5ccccc5c34)c2)c1-n1c2ccccc2c2ccccc21. The fraction of sp³-hybridized carbons (Fsp3) is 0. The van der Waals surface area contributed by atoms with Crippen LogP contribution in [0.3, 0.4) is 0 Å². The number of rotatable bonds is 3. The number of para-hydroxylation sites is 3. The lowest BCUT2D eigenvalue weighted by molar-refractivity contribution is 1.19. The van der Waals surface area contributed by atoms with E-state index < -0.39 is 0 Å². The molecule has 8 aromatic rings. The van der Waals surface area contributed by atoms with Crippen molar-refractivity contribution in [1.82, 2.24) is 4.57 Å². The molecule has 0 aliphatic heterocycles. The molecule has 3 heteroatoms. The maximum absolute atomic E-state index is 8.10. The molecule has 6 aromatic carbocycles. The minimum Gasteiger partial charge on any atom is -0.318 e. The van der Waals surface area contributed by atoms with Crippen LogP contribution in [0.15, 0.2) is 133 Å². The molecule has 8 rings (SSSR count). The molecule has 0 atom stereocenters. The van der Waals surface area contributed by atoms with Crippen LogP contribution in [0.25, 0.3) is 74.8 Å². The van der Waals surface area contributed by atoms with Gasteiger partial charge in [-0.2, -0.15) is 0 Å². The highest BCUT2D eigenvalue weighted by molar-refractivity contribution is 7.25. The zero-order valence-corrected chi connectivity index (χ0v) is 22.3. The third kappa shape index (κ3) is 3.34. The molecule has 0 bridgehead atoms. The van der Waals surface area contributed by atoms with Gasteiger partial charge in [-0.3, -0.25) is 0 Å². The van der Waals surface area contributed by atoms with Gasteiger partial charge in [0.15, 0.2) is 0 Å². The fourth-order valence-corrected chi connectivity index (χ4v) is 7.25. The largest absolute Gasteiger partial charge is 0.318 e. The monoisotopic (exact) mass is 526 g/mol. The zero-order chi connectivity index (χ0) is 26.6. The van der Waals surface area contributed by atoms with Crippen molar-refractivity contribution in [3.05, 3.63) is 145 Å². The van der Waals surface area contributed by atoms with Crippen molar-refractivity contribution in [3.8, 4) is 27.9 Å². The van der Waals surface area contributed by atoms with Crippen LogP contribution in [0.2, 0.25) is 0 Å². The predicted molar refractivity (Wildman–Crippen MR) is 171 cm³/mol. The summed E-state index contributed by atoms with van der Waals surface area (Å²) in [6, 6.07) is 47.1. The summed E-state index contributed by atoms with van der Waals surface area (Å²) in [5, 5.41) is 4.98. The van der Waals surface area contributed by atoms with E-state index >= 15 is 0 Å². The Labute approximate surface area is 235 Å². The van der Waals surface area contributed by atoms with E-state index in [1.54, 1.807) is 0 Å². The van der Waals surface area contributed by atoms with Crippen molar-refractivity contribution in [3.63, 3.8) is 0 Å². The van der Waals surface area contributed by atoms with Crippen molar-refractivity contribution in [2.45, 2.75) is 0 Å². The third-order valence-electron chi connectivity index (χ3n) is 7.83. The molecule has 186 valence electrons. The summed E-state index contributed by atoms with van der Waals surface area (Å²) < 4.78 is 4.87. The molecule has 0 N–H and O–H groups in total. The number of nitrogens with zero attached hydrogens (tertiary/aromatic N) is 2. The summed E-state index contributed by atoms with van der Waals surface area (Å²) in [6.45, 7) is 8.10. The number of fused-ring (bicyclic) bond motifs is 6. The summed E-state index contributed by atoms with van der Waals surface area (Å²) in [5.74, 6) is 0. The predicted octanol–water partition coefficient (Wildman–Crippen LogP) is 11.0. The highest BCUT2D eigenvalue weighted by Crippen LogP contribution is 2.43. The second kappa shape index (κ2) is 8.95. The number of benzene rings is 6. The van der Waals surface area contributed by atoms with Gasteiger partial charge in [0.2, 0.25) is 5.69 Å². The molecule has 0 saturated heterocycles. The second-order valence-electron chi connectivity index (χ2n) is 10.0. The smallest absolute Gasteiger partial charge is 0.211 e. The molecule has 2 heterocycles.